The number of amides is 1. The lowest BCUT2D eigenvalue weighted by atomic mass is 10.0. The van der Waals surface area contributed by atoms with Crippen LogP contribution in [0.1, 0.15) is 38.4 Å². The maximum Gasteiger partial charge on any atom is 0.274 e. The third-order valence-corrected chi connectivity index (χ3v) is 9.13. The predicted molar refractivity (Wildman–Crippen MR) is 204 cm³/mol. The molecule has 52 heavy (non-hydrogen) atoms. The molecule has 0 unspecified atom stereocenters. The van der Waals surface area contributed by atoms with Gasteiger partial charge in [0.25, 0.3) is 5.91 Å². The molecular weight excluding hydrogens is 721 g/mol. The number of carbonyl (C=O) groups is 1. The summed E-state index contributed by atoms with van der Waals surface area (Å²) in [5.41, 5.74) is 6.38. The van der Waals surface area contributed by atoms with Crippen LogP contribution in [0, 0.1) is 0 Å². The average molecular weight is 755 g/mol. The Balaban J connectivity index is 1.09. The number of aromatic nitrogens is 4. The summed E-state index contributed by atoms with van der Waals surface area (Å²) in [5, 5.41) is 10.7. The van der Waals surface area contributed by atoms with Crippen molar-refractivity contribution in [3.63, 3.8) is 0 Å². The molecule has 13 heteroatoms. The van der Waals surface area contributed by atoms with Crippen molar-refractivity contribution in [1.29, 1.82) is 0 Å². The molecule has 0 spiro atoms. The number of halogens is 3. The quantitative estimate of drug-likeness (QED) is 0.0950. The first-order valence-corrected chi connectivity index (χ1v) is 17.4. The van der Waals surface area contributed by atoms with Crippen molar-refractivity contribution >= 4 is 46.4 Å². The van der Waals surface area contributed by atoms with Crippen molar-refractivity contribution in [1.82, 2.24) is 30.6 Å². The molecule has 4 aromatic heterocycles. The van der Waals surface area contributed by atoms with Crippen LogP contribution < -0.4 is 25.4 Å². The van der Waals surface area contributed by atoms with E-state index in [1.807, 2.05) is 54.6 Å². The van der Waals surface area contributed by atoms with Crippen LogP contribution in [-0.4, -0.2) is 33.0 Å². The maximum atomic E-state index is 13.1. The van der Waals surface area contributed by atoms with Crippen molar-refractivity contribution in [2.24, 2.45) is 0 Å². The Morgan fingerprint density at radius 1 is 0.731 bits per heavy atom. The Kier molecular flexibility index (Phi) is 12.6. The SMILES string of the molecule is COc1nc(COc2cccc(-c3cccc(NC(=O)c4ccc(CNCc5ccncc5)cn4)c3Cl)c2Cl)c(Cl)cc1CNCc1ccncc1. The smallest absolute Gasteiger partial charge is 0.274 e. The molecule has 6 rings (SSSR count). The molecule has 0 radical (unpaired) electrons. The van der Waals surface area contributed by atoms with Gasteiger partial charge in [0, 0.05) is 73.9 Å². The minimum Gasteiger partial charge on any atom is -0.486 e. The van der Waals surface area contributed by atoms with Gasteiger partial charge in [-0.1, -0.05) is 65.1 Å². The molecule has 0 atom stereocenters. The summed E-state index contributed by atoms with van der Waals surface area (Å²) < 4.78 is 11.7. The summed E-state index contributed by atoms with van der Waals surface area (Å²) in [6.07, 6.45) is 8.70. The number of pyridine rings is 4. The van der Waals surface area contributed by atoms with Crippen LogP contribution >= 0.6 is 34.8 Å². The Bertz CT molecular complexity index is 2120. The molecule has 1 amide bonds. The summed E-state index contributed by atoms with van der Waals surface area (Å²) in [4.78, 5) is 30.2. The van der Waals surface area contributed by atoms with Gasteiger partial charge in [-0.2, -0.15) is 0 Å². The van der Waals surface area contributed by atoms with Crippen LogP contribution in [0.4, 0.5) is 5.69 Å². The molecule has 0 aliphatic carbocycles. The molecule has 0 saturated heterocycles. The maximum absolute atomic E-state index is 13.1. The second-order valence-corrected chi connectivity index (χ2v) is 12.7. The van der Waals surface area contributed by atoms with Gasteiger partial charge in [-0.15, -0.1) is 0 Å². The number of hydrogen-bond acceptors (Lipinski definition) is 9. The van der Waals surface area contributed by atoms with E-state index in [-0.39, 0.29) is 12.3 Å². The molecule has 0 saturated carbocycles. The fourth-order valence-corrected chi connectivity index (χ4v) is 6.09. The highest BCUT2D eigenvalue weighted by atomic mass is 35.5. The standard InChI is InChI=1S/C39H34Cl3N7O3/c1-51-39-28(23-46-20-26-12-16-44-17-13-26)18-31(40)34(49-39)24-52-35-7-3-5-30(37(35)42)29-4-2-6-32(36(29)41)48-38(50)33-9-8-27(22-47-33)21-45-19-25-10-14-43-15-11-25/h2-18,22,45-46H,19-21,23-24H2,1H3,(H,48,50). The number of benzene rings is 2. The van der Waals surface area contributed by atoms with E-state index in [9.17, 15) is 4.79 Å². The topological polar surface area (TPSA) is 123 Å². The second kappa shape index (κ2) is 17.9. The van der Waals surface area contributed by atoms with E-state index in [1.165, 1.54) is 0 Å². The Morgan fingerprint density at radius 3 is 2.02 bits per heavy atom. The average Bonchev–Trinajstić information content (AvgIpc) is 3.17. The number of rotatable bonds is 15. The van der Waals surface area contributed by atoms with E-state index in [2.05, 4.69) is 35.9 Å². The van der Waals surface area contributed by atoms with Gasteiger partial charge < -0.3 is 25.4 Å². The largest absolute Gasteiger partial charge is 0.486 e. The lowest BCUT2D eigenvalue weighted by Gasteiger charge is -2.16. The summed E-state index contributed by atoms with van der Waals surface area (Å²) in [6, 6.07) is 23.9. The molecular formula is C39H34Cl3N7O3. The van der Waals surface area contributed by atoms with E-state index in [0.29, 0.717) is 75.4 Å². The van der Waals surface area contributed by atoms with Gasteiger partial charge in [-0.3, -0.25) is 19.7 Å². The molecule has 4 heterocycles. The van der Waals surface area contributed by atoms with E-state index < -0.39 is 5.91 Å². The van der Waals surface area contributed by atoms with E-state index in [4.69, 9.17) is 44.3 Å². The number of carbonyl (C=O) groups excluding carboxylic acids is 1. The van der Waals surface area contributed by atoms with E-state index >= 15 is 0 Å². The minimum absolute atomic E-state index is 0.0412. The van der Waals surface area contributed by atoms with Gasteiger partial charge in [0.05, 0.1) is 27.9 Å². The molecule has 264 valence electrons. The molecule has 3 N–H and O–H groups in total. The van der Waals surface area contributed by atoms with Gasteiger partial charge in [-0.05, 0) is 65.2 Å². The number of anilines is 1. The van der Waals surface area contributed by atoms with Crippen LogP contribution in [0.2, 0.25) is 15.1 Å². The third kappa shape index (κ3) is 9.41. The first kappa shape index (κ1) is 36.7. The van der Waals surface area contributed by atoms with Crippen molar-refractivity contribution in [2.75, 3.05) is 12.4 Å². The number of hydrogen-bond donors (Lipinski definition) is 3. The van der Waals surface area contributed by atoms with Crippen molar-refractivity contribution in [3.05, 3.63) is 159 Å². The fourth-order valence-electron chi connectivity index (χ4n) is 5.31. The van der Waals surface area contributed by atoms with E-state index in [0.717, 1.165) is 22.3 Å². The number of methoxy groups -OCH3 is 1. The normalized spacial score (nSPS) is 10.9. The van der Waals surface area contributed by atoms with Gasteiger partial charge in [-0.25, -0.2) is 4.98 Å². The van der Waals surface area contributed by atoms with Crippen LogP contribution in [0.3, 0.4) is 0 Å². The zero-order valence-electron chi connectivity index (χ0n) is 28.1. The van der Waals surface area contributed by atoms with Crippen molar-refractivity contribution in [3.8, 4) is 22.8 Å². The van der Waals surface area contributed by atoms with Crippen LogP contribution in [0.15, 0.2) is 110 Å². The molecule has 2 aromatic carbocycles. The van der Waals surface area contributed by atoms with Gasteiger partial charge >= 0.3 is 0 Å². The number of nitrogens with zero attached hydrogens (tertiary/aromatic N) is 4. The summed E-state index contributed by atoms with van der Waals surface area (Å²) >= 11 is 20.4. The van der Waals surface area contributed by atoms with Crippen molar-refractivity contribution < 1.29 is 14.3 Å². The first-order chi connectivity index (χ1) is 25.4. The Labute approximate surface area is 316 Å². The zero-order valence-corrected chi connectivity index (χ0v) is 30.3. The highest BCUT2D eigenvalue weighted by molar-refractivity contribution is 6.39. The number of ether oxygens (including phenoxy) is 2. The zero-order chi connectivity index (χ0) is 36.3. The summed E-state index contributed by atoms with van der Waals surface area (Å²) in [7, 11) is 1.56. The second-order valence-electron chi connectivity index (χ2n) is 11.6. The molecule has 0 fully saturated rings. The van der Waals surface area contributed by atoms with Gasteiger partial charge in [0.1, 0.15) is 23.7 Å². The molecule has 0 aliphatic heterocycles. The lowest BCUT2D eigenvalue weighted by molar-refractivity contribution is 0.102. The predicted octanol–water partition coefficient (Wildman–Crippen LogP) is 8.31. The van der Waals surface area contributed by atoms with Gasteiger partial charge in [0.2, 0.25) is 5.88 Å². The highest BCUT2D eigenvalue weighted by Gasteiger charge is 2.18. The van der Waals surface area contributed by atoms with Crippen LogP contribution in [0.5, 0.6) is 11.6 Å². The van der Waals surface area contributed by atoms with Crippen molar-refractivity contribution in [2.45, 2.75) is 32.8 Å². The van der Waals surface area contributed by atoms with Crippen LogP contribution in [0.25, 0.3) is 11.1 Å². The van der Waals surface area contributed by atoms with Gasteiger partial charge in [0.15, 0.2) is 0 Å². The third-order valence-electron chi connectivity index (χ3n) is 8.00. The molecule has 0 bridgehead atoms. The minimum atomic E-state index is -0.395. The Hall–Kier alpha value is -5.10. The summed E-state index contributed by atoms with van der Waals surface area (Å²) in [5.74, 6) is 0.453. The first-order valence-electron chi connectivity index (χ1n) is 16.3. The molecule has 10 nitrogen and oxygen atoms in total. The summed E-state index contributed by atoms with van der Waals surface area (Å²) in [6.45, 7) is 2.49. The molecule has 0 aliphatic rings. The van der Waals surface area contributed by atoms with Crippen LogP contribution in [-0.2, 0) is 32.8 Å². The monoisotopic (exact) mass is 753 g/mol. The van der Waals surface area contributed by atoms with E-state index in [1.54, 1.807) is 62.4 Å². The number of nitrogens with one attached hydrogen (secondary N) is 3. The fraction of sp³-hybridized carbons (Fsp3) is 0.154. The molecule has 6 aromatic rings. The Morgan fingerprint density at radius 2 is 1.37 bits per heavy atom. The lowest BCUT2D eigenvalue weighted by Crippen LogP contribution is -2.16. The highest BCUT2D eigenvalue weighted by Crippen LogP contribution is 2.41.